The summed E-state index contributed by atoms with van der Waals surface area (Å²) in [5.41, 5.74) is 4.39. The fraction of sp³-hybridized carbons (Fsp3) is 0.462. The van der Waals surface area contributed by atoms with Gasteiger partial charge in [-0.1, -0.05) is 11.8 Å². The van der Waals surface area contributed by atoms with E-state index in [9.17, 15) is 9.90 Å². The number of thiophene rings is 1. The molecule has 1 aromatic heterocycles. The molecule has 0 unspecified atom stereocenters. The van der Waals surface area contributed by atoms with Crippen LogP contribution >= 0.6 is 11.3 Å². The molecule has 1 heterocycles. The molecule has 0 bridgehead atoms. The summed E-state index contributed by atoms with van der Waals surface area (Å²) in [6.45, 7) is 3.93. The number of hydrogen-bond donors (Lipinski definition) is 2. The topological polar surface area (TPSA) is 66.6 Å². The van der Waals surface area contributed by atoms with E-state index in [1.54, 1.807) is 33.0 Å². The molecule has 0 aliphatic carbocycles. The maximum atomic E-state index is 12.1. The molecule has 0 spiro atoms. The molecule has 3 N–H and O–H groups in total. The first-order chi connectivity index (χ1) is 8.33. The fourth-order valence-electron chi connectivity index (χ4n) is 1.50. The van der Waals surface area contributed by atoms with Gasteiger partial charge in [-0.2, -0.15) is 0 Å². The van der Waals surface area contributed by atoms with Gasteiger partial charge in [-0.25, -0.2) is 0 Å². The lowest BCUT2D eigenvalue weighted by atomic mass is 10.1. The zero-order chi connectivity index (χ0) is 13.8. The molecule has 5 heteroatoms. The predicted molar refractivity (Wildman–Crippen MR) is 73.5 cm³/mol. The Morgan fingerprint density at radius 1 is 1.56 bits per heavy atom. The van der Waals surface area contributed by atoms with Crippen LogP contribution in [0.15, 0.2) is 12.1 Å². The standard InChI is InChI=1S/C13H18N2O2S/c1-13(2,17)9-15(3)12(16)11-7-6-10(18-11)5-4-8-14/h6-7,17H,8-9,14H2,1-3H3. The number of aliphatic hydroxyl groups is 1. The van der Waals surface area contributed by atoms with E-state index >= 15 is 0 Å². The van der Waals surface area contributed by atoms with Gasteiger partial charge < -0.3 is 15.7 Å². The molecule has 0 fully saturated rings. The maximum absolute atomic E-state index is 12.1. The van der Waals surface area contributed by atoms with Crippen LogP contribution in [0, 0.1) is 11.8 Å². The van der Waals surface area contributed by atoms with Gasteiger partial charge in [-0.05, 0) is 26.0 Å². The fourth-order valence-corrected chi connectivity index (χ4v) is 2.37. The number of carbonyl (C=O) groups excluding carboxylic acids is 1. The van der Waals surface area contributed by atoms with Crippen molar-refractivity contribution in [2.24, 2.45) is 5.73 Å². The van der Waals surface area contributed by atoms with Gasteiger partial charge in [0.25, 0.3) is 5.91 Å². The minimum atomic E-state index is -0.899. The Bertz CT molecular complexity index is 477. The Balaban J connectivity index is 2.75. The molecule has 0 aliphatic rings. The number of nitrogens with two attached hydrogens (primary N) is 1. The molecular formula is C13H18N2O2S. The minimum Gasteiger partial charge on any atom is -0.389 e. The quantitative estimate of drug-likeness (QED) is 0.799. The van der Waals surface area contributed by atoms with Crippen molar-refractivity contribution in [1.82, 2.24) is 4.90 Å². The van der Waals surface area contributed by atoms with E-state index in [1.807, 2.05) is 0 Å². The summed E-state index contributed by atoms with van der Waals surface area (Å²) in [5, 5.41) is 9.68. The molecule has 98 valence electrons. The monoisotopic (exact) mass is 266 g/mol. The molecule has 0 radical (unpaired) electrons. The summed E-state index contributed by atoms with van der Waals surface area (Å²) in [5.74, 6) is 5.53. The van der Waals surface area contributed by atoms with Crippen molar-refractivity contribution in [3.8, 4) is 11.8 Å². The summed E-state index contributed by atoms with van der Waals surface area (Å²) < 4.78 is 0. The molecule has 0 saturated carbocycles. The highest BCUT2D eigenvalue weighted by Crippen LogP contribution is 2.18. The van der Waals surface area contributed by atoms with Crippen LogP contribution in [-0.4, -0.2) is 41.7 Å². The predicted octanol–water partition coefficient (Wildman–Crippen LogP) is 0.901. The van der Waals surface area contributed by atoms with E-state index in [2.05, 4.69) is 11.8 Å². The van der Waals surface area contributed by atoms with Gasteiger partial charge in [0.15, 0.2) is 0 Å². The third kappa shape index (κ3) is 4.49. The van der Waals surface area contributed by atoms with Gasteiger partial charge in [-0.15, -0.1) is 11.3 Å². The highest BCUT2D eigenvalue weighted by molar-refractivity contribution is 7.14. The average molecular weight is 266 g/mol. The lowest BCUT2D eigenvalue weighted by Gasteiger charge is -2.25. The normalized spacial score (nSPS) is 10.7. The van der Waals surface area contributed by atoms with Crippen LogP contribution in [0.25, 0.3) is 0 Å². The number of carbonyl (C=O) groups is 1. The number of amides is 1. The molecule has 0 aliphatic heterocycles. The van der Waals surface area contributed by atoms with E-state index in [4.69, 9.17) is 5.73 Å². The third-order valence-corrected chi connectivity index (χ3v) is 3.09. The second-order valence-electron chi connectivity index (χ2n) is 4.64. The van der Waals surface area contributed by atoms with Gasteiger partial charge in [-0.3, -0.25) is 4.79 Å². The SMILES string of the molecule is CN(CC(C)(C)O)C(=O)c1ccc(C#CCN)s1. The van der Waals surface area contributed by atoms with Crippen molar-refractivity contribution in [2.75, 3.05) is 20.1 Å². The van der Waals surface area contributed by atoms with Gasteiger partial charge in [0.1, 0.15) is 0 Å². The van der Waals surface area contributed by atoms with Gasteiger partial charge in [0.05, 0.1) is 21.9 Å². The molecule has 1 rings (SSSR count). The molecule has 0 saturated heterocycles. The van der Waals surface area contributed by atoms with Gasteiger partial charge in [0, 0.05) is 13.6 Å². The Hall–Kier alpha value is -1.35. The highest BCUT2D eigenvalue weighted by Gasteiger charge is 2.21. The smallest absolute Gasteiger partial charge is 0.263 e. The summed E-state index contributed by atoms with van der Waals surface area (Å²) in [6.07, 6.45) is 0. The maximum Gasteiger partial charge on any atom is 0.263 e. The summed E-state index contributed by atoms with van der Waals surface area (Å²) in [4.78, 5) is 15.0. The van der Waals surface area contributed by atoms with Crippen LogP contribution < -0.4 is 5.73 Å². The van der Waals surface area contributed by atoms with Crippen LogP contribution in [0.4, 0.5) is 0 Å². The first-order valence-corrected chi connectivity index (χ1v) is 6.42. The molecule has 0 atom stereocenters. The van der Waals surface area contributed by atoms with E-state index < -0.39 is 5.60 Å². The van der Waals surface area contributed by atoms with Gasteiger partial charge in [0.2, 0.25) is 0 Å². The average Bonchev–Trinajstić information content (AvgIpc) is 2.71. The first-order valence-electron chi connectivity index (χ1n) is 5.60. The van der Waals surface area contributed by atoms with Crippen molar-refractivity contribution in [3.05, 3.63) is 21.9 Å². The minimum absolute atomic E-state index is 0.108. The lowest BCUT2D eigenvalue weighted by Crippen LogP contribution is -2.39. The van der Waals surface area contributed by atoms with Crippen molar-refractivity contribution < 1.29 is 9.90 Å². The van der Waals surface area contributed by atoms with Crippen molar-refractivity contribution in [1.29, 1.82) is 0 Å². The van der Waals surface area contributed by atoms with E-state index in [0.29, 0.717) is 11.4 Å². The molecule has 18 heavy (non-hydrogen) atoms. The van der Waals surface area contributed by atoms with E-state index in [-0.39, 0.29) is 12.5 Å². The van der Waals surface area contributed by atoms with E-state index in [1.165, 1.54) is 16.2 Å². The summed E-state index contributed by atoms with van der Waals surface area (Å²) >= 11 is 1.33. The van der Waals surface area contributed by atoms with Crippen molar-refractivity contribution >= 4 is 17.2 Å². The number of rotatable bonds is 3. The van der Waals surface area contributed by atoms with Crippen molar-refractivity contribution in [3.63, 3.8) is 0 Å². The molecule has 0 aromatic carbocycles. The highest BCUT2D eigenvalue weighted by atomic mass is 32.1. The largest absolute Gasteiger partial charge is 0.389 e. The second kappa shape index (κ2) is 6.01. The second-order valence-corrected chi connectivity index (χ2v) is 5.73. The molecule has 1 amide bonds. The first kappa shape index (κ1) is 14.7. The molecular weight excluding hydrogens is 248 g/mol. The zero-order valence-electron chi connectivity index (χ0n) is 10.9. The van der Waals surface area contributed by atoms with Crippen LogP contribution in [0.5, 0.6) is 0 Å². The number of hydrogen-bond acceptors (Lipinski definition) is 4. The summed E-state index contributed by atoms with van der Waals surface area (Å²) in [6, 6.07) is 3.55. The molecule has 1 aromatic rings. The number of likely N-dealkylation sites (N-methyl/N-ethyl adjacent to an activating group) is 1. The Morgan fingerprint density at radius 2 is 2.22 bits per heavy atom. The lowest BCUT2D eigenvalue weighted by molar-refractivity contribution is 0.0370. The molecule has 4 nitrogen and oxygen atoms in total. The third-order valence-electron chi connectivity index (χ3n) is 2.10. The number of nitrogens with zero attached hydrogens (tertiary/aromatic N) is 1. The van der Waals surface area contributed by atoms with E-state index in [0.717, 1.165) is 4.88 Å². The zero-order valence-corrected chi connectivity index (χ0v) is 11.7. The Labute approximate surface area is 111 Å². The Kier molecular flexibility index (Phi) is 4.91. The van der Waals surface area contributed by atoms with Crippen LogP contribution in [0.2, 0.25) is 0 Å². The van der Waals surface area contributed by atoms with Crippen LogP contribution in [0.3, 0.4) is 0 Å². The van der Waals surface area contributed by atoms with Crippen molar-refractivity contribution in [2.45, 2.75) is 19.4 Å². The van der Waals surface area contributed by atoms with Crippen LogP contribution in [-0.2, 0) is 0 Å². The Morgan fingerprint density at radius 3 is 2.78 bits per heavy atom. The summed E-state index contributed by atoms with van der Waals surface area (Å²) in [7, 11) is 1.67. The van der Waals surface area contributed by atoms with Gasteiger partial charge >= 0.3 is 0 Å². The van der Waals surface area contributed by atoms with Crippen LogP contribution in [0.1, 0.15) is 28.4 Å².